The van der Waals surface area contributed by atoms with Crippen molar-refractivity contribution in [2.24, 2.45) is 11.7 Å². The summed E-state index contributed by atoms with van der Waals surface area (Å²) in [6.07, 6.45) is 7.55. The van der Waals surface area contributed by atoms with Crippen LogP contribution in [0.4, 0.5) is 0 Å². The molecule has 0 heterocycles. The summed E-state index contributed by atoms with van der Waals surface area (Å²) in [7, 11) is 0. The van der Waals surface area contributed by atoms with Gasteiger partial charge in [0.1, 0.15) is 0 Å². The lowest BCUT2D eigenvalue weighted by Gasteiger charge is -2.01. The molecule has 0 radical (unpaired) electrons. The van der Waals surface area contributed by atoms with E-state index in [9.17, 15) is 0 Å². The second-order valence-electron chi connectivity index (χ2n) is 3.03. The number of hydrogen-bond acceptors (Lipinski definition) is 4. The van der Waals surface area contributed by atoms with Gasteiger partial charge in [0.2, 0.25) is 0 Å². The van der Waals surface area contributed by atoms with Gasteiger partial charge in [-0.05, 0) is 12.8 Å². The van der Waals surface area contributed by atoms with E-state index in [2.05, 4.69) is 10.9 Å². The van der Waals surface area contributed by atoms with Crippen molar-refractivity contribution in [2.75, 3.05) is 13.1 Å². The minimum absolute atomic E-state index is 0.935. The van der Waals surface area contributed by atoms with Crippen LogP contribution in [0.15, 0.2) is 0 Å². The summed E-state index contributed by atoms with van der Waals surface area (Å²) in [4.78, 5) is 0. The average Bonchev–Trinajstić information content (AvgIpc) is 2.10. The summed E-state index contributed by atoms with van der Waals surface area (Å²) >= 11 is 0. The third-order valence-electron chi connectivity index (χ3n) is 1.89. The number of unbranched alkanes of at least 4 members (excludes halogenated alkanes) is 5. The van der Waals surface area contributed by atoms with Crippen LogP contribution in [0, 0.1) is 0 Å². The highest BCUT2D eigenvalue weighted by atomic mass is 15.2. The Balaban J connectivity index is 2.73. The van der Waals surface area contributed by atoms with E-state index in [1.54, 1.807) is 0 Å². The average molecular weight is 174 g/mol. The molecule has 0 aromatic rings. The number of nitrogens with one attached hydrogen (secondary N) is 2. The van der Waals surface area contributed by atoms with Gasteiger partial charge in [-0.1, -0.05) is 25.7 Å². The van der Waals surface area contributed by atoms with E-state index >= 15 is 0 Å². The molecule has 0 saturated carbocycles. The summed E-state index contributed by atoms with van der Waals surface area (Å²) in [5, 5.41) is 0. The van der Waals surface area contributed by atoms with Crippen LogP contribution in [0.3, 0.4) is 0 Å². The highest BCUT2D eigenvalue weighted by Gasteiger charge is 1.89. The van der Waals surface area contributed by atoms with Gasteiger partial charge in [0.15, 0.2) is 0 Å². The fourth-order valence-electron chi connectivity index (χ4n) is 1.16. The van der Waals surface area contributed by atoms with Gasteiger partial charge in [-0.25, -0.2) is 0 Å². The molecule has 0 atom stereocenters. The SMILES string of the molecule is NNCCCCCCCCNN. The molecule has 74 valence electrons. The Kier molecular flexibility index (Phi) is 10.7. The lowest BCUT2D eigenvalue weighted by atomic mass is 10.1. The zero-order chi connectivity index (χ0) is 9.07. The van der Waals surface area contributed by atoms with E-state index in [-0.39, 0.29) is 0 Å². The molecule has 0 aliphatic heterocycles. The Hall–Kier alpha value is -0.160. The predicted octanol–water partition coefficient (Wildman–Crippen LogP) is 0.254. The molecular weight excluding hydrogens is 152 g/mol. The zero-order valence-electron chi connectivity index (χ0n) is 7.81. The third kappa shape index (κ3) is 9.84. The Morgan fingerprint density at radius 1 is 0.583 bits per heavy atom. The monoisotopic (exact) mass is 174 g/mol. The largest absolute Gasteiger partial charge is 0.271 e. The molecule has 0 aromatic heterocycles. The first-order chi connectivity index (χ1) is 5.91. The van der Waals surface area contributed by atoms with Gasteiger partial charge in [-0.3, -0.25) is 22.5 Å². The standard InChI is InChI=1S/C8H22N4/c9-11-7-5-3-1-2-4-6-8-12-10/h11-12H,1-10H2. The van der Waals surface area contributed by atoms with Gasteiger partial charge < -0.3 is 0 Å². The number of rotatable bonds is 9. The molecule has 0 aliphatic rings. The van der Waals surface area contributed by atoms with Gasteiger partial charge in [0.25, 0.3) is 0 Å². The van der Waals surface area contributed by atoms with Gasteiger partial charge in [-0.15, -0.1) is 0 Å². The molecule has 0 amide bonds. The van der Waals surface area contributed by atoms with Crippen LogP contribution in [0.2, 0.25) is 0 Å². The molecule has 6 N–H and O–H groups in total. The first-order valence-electron chi connectivity index (χ1n) is 4.78. The molecule has 4 nitrogen and oxygen atoms in total. The maximum atomic E-state index is 5.14. The molecular formula is C8H22N4. The van der Waals surface area contributed by atoms with E-state index in [1.807, 2.05) is 0 Å². The van der Waals surface area contributed by atoms with Crippen LogP contribution >= 0.6 is 0 Å². The first kappa shape index (κ1) is 11.8. The van der Waals surface area contributed by atoms with E-state index in [0.717, 1.165) is 13.1 Å². The maximum Gasteiger partial charge on any atom is 0.00974 e. The van der Waals surface area contributed by atoms with Crippen molar-refractivity contribution in [1.82, 2.24) is 10.9 Å². The lowest BCUT2D eigenvalue weighted by Crippen LogP contribution is -2.23. The molecule has 0 fully saturated rings. The van der Waals surface area contributed by atoms with Crippen molar-refractivity contribution >= 4 is 0 Å². The van der Waals surface area contributed by atoms with Crippen molar-refractivity contribution in [3.8, 4) is 0 Å². The number of hydrogen-bond donors (Lipinski definition) is 4. The van der Waals surface area contributed by atoms with Crippen LogP contribution in [0.25, 0.3) is 0 Å². The second kappa shape index (κ2) is 10.8. The van der Waals surface area contributed by atoms with Crippen molar-refractivity contribution < 1.29 is 0 Å². The second-order valence-corrected chi connectivity index (χ2v) is 3.03. The highest BCUT2D eigenvalue weighted by molar-refractivity contribution is 4.47. The van der Waals surface area contributed by atoms with Crippen molar-refractivity contribution in [3.05, 3.63) is 0 Å². The van der Waals surface area contributed by atoms with Crippen molar-refractivity contribution in [3.63, 3.8) is 0 Å². The van der Waals surface area contributed by atoms with Crippen molar-refractivity contribution in [1.29, 1.82) is 0 Å². The summed E-state index contributed by atoms with van der Waals surface area (Å²) in [6.45, 7) is 1.87. The maximum absolute atomic E-state index is 5.14. The van der Waals surface area contributed by atoms with Crippen molar-refractivity contribution in [2.45, 2.75) is 38.5 Å². The smallest absolute Gasteiger partial charge is 0.00974 e. The molecule has 0 aromatic carbocycles. The number of hydrazine groups is 2. The van der Waals surface area contributed by atoms with E-state index in [0.29, 0.717) is 0 Å². The fourth-order valence-corrected chi connectivity index (χ4v) is 1.16. The third-order valence-corrected chi connectivity index (χ3v) is 1.89. The van der Waals surface area contributed by atoms with Crippen LogP contribution in [0.5, 0.6) is 0 Å². The minimum Gasteiger partial charge on any atom is -0.271 e. The molecule has 0 unspecified atom stereocenters. The predicted molar refractivity (Wildman–Crippen MR) is 52.1 cm³/mol. The van der Waals surface area contributed by atoms with Gasteiger partial charge in [0.05, 0.1) is 0 Å². The van der Waals surface area contributed by atoms with E-state index in [1.165, 1.54) is 38.5 Å². The summed E-state index contributed by atoms with van der Waals surface area (Å²) < 4.78 is 0. The molecule has 4 heteroatoms. The summed E-state index contributed by atoms with van der Waals surface area (Å²) in [5.74, 6) is 10.3. The van der Waals surface area contributed by atoms with Gasteiger partial charge >= 0.3 is 0 Å². The van der Waals surface area contributed by atoms with Crippen LogP contribution < -0.4 is 22.5 Å². The van der Waals surface area contributed by atoms with E-state index in [4.69, 9.17) is 11.7 Å². The highest BCUT2D eigenvalue weighted by Crippen LogP contribution is 2.03. The van der Waals surface area contributed by atoms with Gasteiger partial charge in [-0.2, -0.15) is 0 Å². The summed E-state index contributed by atoms with van der Waals surface area (Å²) in [5.41, 5.74) is 5.30. The lowest BCUT2D eigenvalue weighted by molar-refractivity contribution is 0.559. The van der Waals surface area contributed by atoms with Crippen LogP contribution in [0.1, 0.15) is 38.5 Å². The fraction of sp³-hybridized carbons (Fsp3) is 1.00. The quantitative estimate of drug-likeness (QED) is 0.230. The van der Waals surface area contributed by atoms with Gasteiger partial charge in [0, 0.05) is 13.1 Å². The molecule has 0 saturated heterocycles. The normalized spacial score (nSPS) is 10.5. The Labute approximate surface area is 75.0 Å². The molecule has 0 rings (SSSR count). The molecule has 12 heavy (non-hydrogen) atoms. The Morgan fingerprint density at radius 3 is 1.25 bits per heavy atom. The Bertz CT molecular complexity index is 67.5. The first-order valence-corrected chi connectivity index (χ1v) is 4.78. The summed E-state index contributed by atoms with van der Waals surface area (Å²) in [6, 6.07) is 0. The molecule has 0 spiro atoms. The van der Waals surface area contributed by atoms with Crippen LogP contribution in [-0.2, 0) is 0 Å². The van der Waals surface area contributed by atoms with E-state index < -0.39 is 0 Å². The topological polar surface area (TPSA) is 76.1 Å². The minimum atomic E-state index is 0.935. The molecule has 0 aliphatic carbocycles. The zero-order valence-corrected chi connectivity index (χ0v) is 7.81. The van der Waals surface area contributed by atoms with Crippen LogP contribution in [-0.4, -0.2) is 13.1 Å². The Morgan fingerprint density at radius 2 is 0.917 bits per heavy atom. The number of nitrogens with two attached hydrogens (primary N) is 2. The molecule has 0 bridgehead atoms.